The lowest BCUT2D eigenvalue weighted by atomic mass is 10.1. The Morgan fingerprint density at radius 2 is 2.25 bits per heavy atom. The number of amides is 2. The van der Waals surface area contributed by atoms with Crippen LogP contribution in [0.1, 0.15) is 6.42 Å². The van der Waals surface area contributed by atoms with Crippen molar-refractivity contribution in [3.8, 4) is 0 Å². The Labute approximate surface area is 141 Å². The van der Waals surface area contributed by atoms with Gasteiger partial charge in [-0.25, -0.2) is 4.79 Å². The molecule has 0 aromatic carbocycles. The van der Waals surface area contributed by atoms with Gasteiger partial charge in [-0.1, -0.05) is 12.7 Å². The number of nitrogens with one attached hydrogen (secondary N) is 1. The lowest BCUT2D eigenvalue weighted by molar-refractivity contribution is -0.132. The van der Waals surface area contributed by atoms with E-state index in [1.165, 1.54) is 11.0 Å². The van der Waals surface area contributed by atoms with Crippen molar-refractivity contribution in [3.05, 3.63) is 12.7 Å². The Hall–Kier alpha value is -1.65. The lowest BCUT2D eigenvalue weighted by Gasteiger charge is -2.32. The molecule has 0 spiro atoms. The van der Waals surface area contributed by atoms with Gasteiger partial charge in [0.2, 0.25) is 5.91 Å². The maximum Gasteiger partial charge on any atom is 0.410 e. The number of piperazine rings is 1. The Balaban J connectivity index is 2.06. The van der Waals surface area contributed by atoms with Crippen LogP contribution in [0.5, 0.6) is 0 Å². The van der Waals surface area contributed by atoms with E-state index in [4.69, 9.17) is 8.92 Å². The number of hydrogen-bond acceptors (Lipinski definition) is 7. The highest BCUT2D eigenvalue weighted by Gasteiger charge is 2.40. The molecule has 0 aromatic heterocycles. The molecule has 10 heteroatoms. The van der Waals surface area contributed by atoms with Crippen molar-refractivity contribution in [1.29, 1.82) is 0 Å². The van der Waals surface area contributed by atoms with Crippen molar-refractivity contribution in [2.45, 2.75) is 18.6 Å². The third kappa shape index (κ3) is 5.18. The molecule has 2 aliphatic rings. The molecule has 0 bridgehead atoms. The number of nitrogens with zero attached hydrogens (tertiary/aromatic N) is 2. The summed E-state index contributed by atoms with van der Waals surface area (Å²) in [6.45, 7) is 5.47. The minimum atomic E-state index is -3.63. The van der Waals surface area contributed by atoms with Crippen LogP contribution in [0.3, 0.4) is 0 Å². The van der Waals surface area contributed by atoms with Crippen LogP contribution < -0.4 is 5.32 Å². The van der Waals surface area contributed by atoms with Gasteiger partial charge in [-0.05, 0) is 6.42 Å². The van der Waals surface area contributed by atoms with Crippen molar-refractivity contribution < 1.29 is 26.9 Å². The van der Waals surface area contributed by atoms with Crippen LogP contribution in [-0.4, -0.2) is 88.0 Å². The highest BCUT2D eigenvalue weighted by Crippen LogP contribution is 2.23. The summed E-state index contributed by atoms with van der Waals surface area (Å²) in [4.78, 5) is 27.2. The molecule has 1 N–H and O–H groups in total. The third-order valence-corrected chi connectivity index (χ3v) is 4.49. The number of hydrogen-bond donors (Lipinski definition) is 1. The minimum Gasteiger partial charge on any atom is -0.445 e. The fourth-order valence-electron chi connectivity index (χ4n) is 2.89. The van der Waals surface area contributed by atoms with Crippen LogP contribution in [0.25, 0.3) is 0 Å². The predicted octanol–water partition coefficient (Wildman–Crippen LogP) is -0.840. The van der Waals surface area contributed by atoms with Gasteiger partial charge < -0.3 is 19.9 Å². The van der Waals surface area contributed by atoms with Gasteiger partial charge in [0.05, 0.1) is 31.5 Å². The zero-order chi connectivity index (χ0) is 17.7. The molecule has 24 heavy (non-hydrogen) atoms. The maximum atomic E-state index is 12.2. The van der Waals surface area contributed by atoms with Crippen LogP contribution in [0, 0.1) is 0 Å². The summed E-state index contributed by atoms with van der Waals surface area (Å²) in [5.74, 6) is -0.0480. The molecular formula is C14H23N3O6S. The van der Waals surface area contributed by atoms with E-state index in [0.29, 0.717) is 26.1 Å². The Bertz CT molecular complexity index is 593. The Morgan fingerprint density at radius 3 is 2.88 bits per heavy atom. The van der Waals surface area contributed by atoms with E-state index in [1.54, 1.807) is 4.90 Å². The summed E-state index contributed by atoms with van der Waals surface area (Å²) in [5.41, 5.74) is 0. The largest absolute Gasteiger partial charge is 0.445 e. The van der Waals surface area contributed by atoms with Gasteiger partial charge in [-0.3, -0.25) is 8.98 Å². The molecule has 2 unspecified atom stereocenters. The van der Waals surface area contributed by atoms with Crippen LogP contribution in [0.15, 0.2) is 12.7 Å². The molecule has 0 aromatic rings. The van der Waals surface area contributed by atoms with E-state index >= 15 is 0 Å². The van der Waals surface area contributed by atoms with Crippen LogP contribution in [-0.2, 0) is 23.8 Å². The molecule has 2 amide bonds. The molecule has 0 saturated carbocycles. The molecule has 0 radical (unpaired) electrons. The number of rotatable bonds is 6. The fourth-order valence-corrected chi connectivity index (χ4v) is 3.53. The first-order chi connectivity index (χ1) is 11.3. The molecule has 2 atom stereocenters. The molecule has 2 fully saturated rings. The summed E-state index contributed by atoms with van der Waals surface area (Å²) in [6.07, 6.45) is 1.54. The van der Waals surface area contributed by atoms with Crippen molar-refractivity contribution in [2.24, 2.45) is 0 Å². The second kappa shape index (κ2) is 7.95. The van der Waals surface area contributed by atoms with Gasteiger partial charge >= 0.3 is 6.09 Å². The average molecular weight is 361 g/mol. The fraction of sp³-hybridized carbons (Fsp3) is 0.714. The summed E-state index contributed by atoms with van der Waals surface area (Å²) in [6, 6.07) is -0.351. The van der Waals surface area contributed by atoms with Crippen molar-refractivity contribution in [2.75, 3.05) is 45.6 Å². The van der Waals surface area contributed by atoms with Gasteiger partial charge in [0, 0.05) is 19.6 Å². The highest BCUT2D eigenvalue weighted by atomic mass is 32.2. The molecule has 0 aliphatic carbocycles. The lowest BCUT2D eigenvalue weighted by Crippen LogP contribution is -2.52. The van der Waals surface area contributed by atoms with Gasteiger partial charge in [-0.15, -0.1) is 0 Å². The van der Waals surface area contributed by atoms with E-state index in [2.05, 4.69) is 11.9 Å². The molecule has 2 rings (SSSR count). The van der Waals surface area contributed by atoms with E-state index in [0.717, 1.165) is 6.26 Å². The summed E-state index contributed by atoms with van der Waals surface area (Å²) in [7, 11) is -3.63. The zero-order valence-electron chi connectivity index (χ0n) is 13.6. The van der Waals surface area contributed by atoms with Crippen molar-refractivity contribution in [3.63, 3.8) is 0 Å². The highest BCUT2D eigenvalue weighted by molar-refractivity contribution is 7.86. The van der Waals surface area contributed by atoms with Crippen LogP contribution >= 0.6 is 0 Å². The van der Waals surface area contributed by atoms with Crippen LogP contribution in [0.4, 0.5) is 4.79 Å². The number of carbonyl (C=O) groups excluding carboxylic acids is 2. The van der Waals surface area contributed by atoms with Gasteiger partial charge in [0.1, 0.15) is 6.61 Å². The maximum absolute atomic E-state index is 12.2. The van der Waals surface area contributed by atoms with E-state index in [-0.39, 0.29) is 31.6 Å². The average Bonchev–Trinajstić information content (AvgIpc) is 2.87. The molecule has 9 nitrogen and oxygen atoms in total. The molecule has 2 saturated heterocycles. The number of carbonyl (C=O) groups is 2. The predicted molar refractivity (Wildman–Crippen MR) is 85.8 cm³/mol. The first-order valence-corrected chi connectivity index (χ1v) is 9.53. The normalized spacial score (nSPS) is 25.0. The summed E-state index contributed by atoms with van der Waals surface area (Å²) >= 11 is 0. The standard InChI is InChI=1S/C14H23N3O6S/c1-3-6-22-14(19)17-10-12(23-24(2,20)21)7-11(17)9-16-5-4-15-8-13(16)18/h3,11-12,15H,1,4-10H2,2H3. The minimum absolute atomic E-state index is 0.0480. The van der Waals surface area contributed by atoms with Gasteiger partial charge in [0.25, 0.3) is 10.1 Å². The van der Waals surface area contributed by atoms with Gasteiger partial charge in [0.15, 0.2) is 0 Å². The molecular weight excluding hydrogens is 338 g/mol. The van der Waals surface area contributed by atoms with E-state index in [9.17, 15) is 18.0 Å². The van der Waals surface area contributed by atoms with Crippen LogP contribution in [0.2, 0.25) is 0 Å². The first kappa shape index (κ1) is 18.7. The summed E-state index contributed by atoms with van der Waals surface area (Å²) < 4.78 is 32.7. The third-order valence-electron chi connectivity index (χ3n) is 3.86. The van der Waals surface area contributed by atoms with E-state index in [1.807, 2.05) is 0 Å². The second-order valence-corrected chi connectivity index (χ2v) is 7.45. The second-order valence-electron chi connectivity index (χ2n) is 5.85. The zero-order valence-corrected chi connectivity index (χ0v) is 14.5. The first-order valence-electron chi connectivity index (χ1n) is 7.71. The Kier molecular flexibility index (Phi) is 6.19. The molecule has 2 heterocycles. The van der Waals surface area contributed by atoms with E-state index < -0.39 is 22.3 Å². The quantitative estimate of drug-likeness (QED) is 0.486. The molecule has 136 valence electrons. The smallest absolute Gasteiger partial charge is 0.410 e. The topological polar surface area (TPSA) is 105 Å². The number of ether oxygens (including phenoxy) is 1. The van der Waals surface area contributed by atoms with Crippen molar-refractivity contribution >= 4 is 22.1 Å². The summed E-state index contributed by atoms with van der Waals surface area (Å²) in [5, 5.41) is 2.98. The van der Waals surface area contributed by atoms with Crippen molar-refractivity contribution in [1.82, 2.24) is 15.1 Å². The molecule has 2 aliphatic heterocycles. The SMILES string of the molecule is C=CCOC(=O)N1CC(OS(C)(=O)=O)CC1CN1CCNCC1=O. The van der Waals surface area contributed by atoms with Gasteiger partial charge in [-0.2, -0.15) is 8.42 Å². The Morgan fingerprint density at radius 1 is 1.50 bits per heavy atom. The number of likely N-dealkylation sites (tertiary alicyclic amines) is 1. The monoisotopic (exact) mass is 361 g/mol.